The molecule has 0 unspecified atom stereocenters. The second-order valence-electron chi connectivity index (χ2n) is 11.7. The van der Waals surface area contributed by atoms with Crippen LogP contribution in [-0.2, 0) is 33.6 Å². The van der Waals surface area contributed by atoms with Gasteiger partial charge in [-0.25, -0.2) is 13.8 Å². The summed E-state index contributed by atoms with van der Waals surface area (Å²) in [5.41, 5.74) is 1.09. The van der Waals surface area contributed by atoms with E-state index in [1.165, 1.54) is 78.2 Å². The molecule has 0 saturated carbocycles. The molecule has 5 rings (SSSR count). The molecule has 12 nitrogen and oxygen atoms in total. The number of nitrogens with one attached hydrogen (secondary N) is 4. The summed E-state index contributed by atoms with van der Waals surface area (Å²) < 4.78 is 28.1. The zero-order valence-electron chi connectivity index (χ0n) is 27.3. The minimum Gasteiger partial charge on any atom is -0.508 e. The average Bonchev–Trinajstić information content (AvgIpc) is 3.63. The molecule has 0 fully saturated rings. The molecule has 0 radical (unpaired) electrons. The molecule has 1 heterocycles. The van der Waals surface area contributed by atoms with Crippen LogP contribution >= 0.6 is 11.3 Å². The van der Waals surface area contributed by atoms with E-state index in [1.54, 1.807) is 17.5 Å². The van der Waals surface area contributed by atoms with Crippen LogP contribution in [0.3, 0.4) is 0 Å². The van der Waals surface area contributed by atoms with Crippen LogP contribution in [0.5, 0.6) is 17.2 Å². The molecule has 52 heavy (non-hydrogen) atoms. The Kier molecular flexibility index (Phi) is 12.1. The van der Waals surface area contributed by atoms with Crippen molar-refractivity contribution in [2.24, 2.45) is 0 Å². The highest BCUT2D eigenvalue weighted by Gasteiger charge is 2.31. The number of anilines is 1. The van der Waals surface area contributed by atoms with Crippen molar-refractivity contribution >= 4 is 40.1 Å². The number of amides is 4. The number of thiazole rings is 1. The average molecular weight is 730 g/mol. The largest absolute Gasteiger partial charge is 0.508 e. The number of aromatic hydroxyl groups is 3. The van der Waals surface area contributed by atoms with E-state index in [0.717, 1.165) is 12.1 Å². The summed E-state index contributed by atoms with van der Waals surface area (Å²) in [5, 5.41) is 41.7. The van der Waals surface area contributed by atoms with Crippen molar-refractivity contribution in [3.8, 4) is 17.2 Å². The Morgan fingerprint density at radius 3 is 1.48 bits per heavy atom. The number of benzene rings is 4. The highest BCUT2D eigenvalue weighted by atomic mass is 32.1. The number of carbonyl (C=O) groups is 4. The zero-order chi connectivity index (χ0) is 37.2. The molecule has 5 aromatic rings. The number of phenolic OH excluding ortho intramolecular Hbond substituents is 3. The lowest BCUT2D eigenvalue weighted by atomic mass is 10.0. The summed E-state index contributed by atoms with van der Waals surface area (Å²) in [6.07, 6.45) is 1.21. The number of rotatable bonds is 14. The quantitative estimate of drug-likeness (QED) is 0.0894. The van der Waals surface area contributed by atoms with Crippen LogP contribution in [-0.4, -0.2) is 62.1 Å². The van der Waals surface area contributed by atoms with Crippen LogP contribution in [0.4, 0.5) is 13.9 Å². The van der Waals surface area contributed by atoms with Gasteiger partial charge >= 0.3 is 0 Å². The minimum atomic E-state index is -1.40. The third-order valence-electron chi connectivity index (χ3n) is 7.85. The molecule has 0 spiro atoms. The van der Waals surface area contributed by atoms with Crippen molar-refractivity contribution in [3.63, 3.8) is 0 Å². The number of hydrogen-bond donors (Lipinski definition) is 7. The van der Waals surface area contributed by atoms with E-state index in [1.807, 2.05) is 0 Å². The summed E-state index contributed by atoms with van der Waals surface area (Å²) in [7, 11) is 0. The highest BCUT2D eigenvalue weighted by molar-refractivity contribution is 7.13. The molecular weight excluding hydrogens is 696 g/mol. The van der Waals surface area contributed by atoms with E-state index in [9.17, 15) is 43.3 Å². The first kappa shape index (κ1) is 36.9. The maximum Gasteiger partial charge on any atom is 0.254 e. The highest BCUT2D eigenvalue weighted by Crippen LogP contribution is 2.17. The zero-order valence-corrected chi connectivity index (χ0v) is 28.1. The third-order valence-corrected chi connectivity index (χ3v) is 8.54. The van der Waals surface area contributed by atoms with Gasteiger partial charge in [-0.3, -0.25) is 19.2 Å². The lowest BCUT2D eigenvalue weighted by molar-refractivity contribution is -0.131. The van der Waals surface area contributed by atoms with Gasteiger partial charge in [-0.2, -0.15) is 0 Å². The van der Waals surface area contributed by atoms with Gasteiger partial charge in [-0.05, 0) is 65.2 Å². The summed E-state index contributed by atoms with van der Waals surface area (Å²) in [5.74, 6) is -5.40. The van der Waals surface area contributed by atoms with Crippen LogP contribution in [0.25, 0.3) is 0 Å². The summed E-state index contributed by atoms with van der Waals surface area (Å²) in [6.45, 7) is 0. The van der Waals surface area contributed by atoms with Crippen molar-refractivity contribution in [1.29, 1.82) is 0 Å². The Labute approximate surface area is 300 Å². The lowest BCUT2D eigenvalue weighted by Crippen LogP contribution is -2.57. The summed E-state index contributed by atoms with van der Waals surface area (Å²) >= 11 is 1.17. The van der Waals surface area contributed by atoms with E-state index in [2.05, 4.69) is 26.3 Å². The second kappa shape index (κ2) is 17.0. The molecule has 15 heteroatoms. The third kappa shape index (κ3) is 10.3. The Bertz CT molecular complexity index is 2010. The first-order chi connectivity index (χ1) is 24.9. The maximum absolute atomic E-state index is 14.5. The molecule has 4 amide bonds. The maximum atomic E-state index is 14.5. The number of aromatic nitrogens is 1. The Morgan fingerprint density at radius 1 is 0.615 bits per heavy atom. The van der Waals surface area contributed by atoms with Gasteiger partial charge in [0.05, 0.1) is 5.56 Å². The fraction of sp³-hybridized carbons (Fsp3) is 0.162. The molecule has 1 aromatic heterocycles. The Hall–Kier alpha value is -6.35. The molecule has 268 valence electrons. The van der Waals surface area contributed by atoms with Gasteiger partial charge in [-0.15, -0.1) is 11.3 Å². The van der Waals surface area contributed by atoms with Gasteiger partial charge in [0.25, 0.3) is 5.91 Å². The first-order valence-corrected chi connectivity index (χ1v) is 16.7. The van der Waals surface area contributed by atoms with Crippen LogP contribution in [0.2, 0.25) is 0 Å². The monoisotopic (exact) mass is 729 g/mol. The SMILES string of the molecule is O=C(N[C@@H](Cc1ccc(O)cc1)C(=O)N[C@@H](Cc1ccc(O)cc1)C(=O)N[C@@H](Cc1ccc(O)cc1)C(=O)Nc1nccs1)c1ccc(F)cc1F. The smallest absolute Gasteiger partial charge is 0.254 e. The van der Waals surface area contributed by atoms with E-state index < -0.39 is 59.0 Å². The predicted molar refractivity (Wildman–Crippen MR) is 188 cm³/mol. The molecule has 0 bridgehead atoms. The topological polar surface area (TPSA) is 190 Å². The van der Waals surface area contributed by atoms with Gasteiger partial charge in [0, 0.05) is 36.9 Å². The Balaban J connectivity index is 1.43. The van der Waals surface area contributed by atoms with Crippen molar-refractivity contribution in [3.05, 3.63) is 136 Å². The molecular formula is C37H33F2N5O7S. The van der Waals surface area contributed by atoms with Crippen molar-refractivity contribution in [2.45, 2.75) is 37.4 Å². The number of carbonyl (C=O) groups excluding carboxylic acids is 4. The van der Waals surface area contributed by atoms with Crippen molar-refractivity contribution in [2.75, 3.05) is 5.32 Å². The predicted octanol–water partition coefficient (Wildman–Crippen LogP) is 3.97. The van der Waals surface area contributed by atoms with Gasteiger partial charge in [0.1, 0.15) is 47.0 Å². The molecule has 3 atom stereocenters. The number of phenols is 3. The molecule has 0 aliphatic carbocycles. The van der Waals surface area contributed by atoms with Gasteiger partial charge in [0.15, 0.2) is 5.13 Å². The van der Waals surface area contributed by atoms with Crippen LogP contribution in [0.15, 0.2) is 103 Å². The van der Waals surface area contributed by atoms with Crippen LogP contribution in [0, 0.1) is 11.6 Å². The normalized spacial score (nSPS) is 12.6. The van der Waals surface area contributed by atoms with Crippen molar-refractivity contribution < 1.29 is 43.3 Å². The van der Waals surface area contributed by atoms with Crippen molar-refractivity contribution in [1.82, 2.24) is 20.9 Å². The molecule has 0 aliphatic heterocycles. The molecule has 4 aromatic carbocycles. The molecule has 0 saturated heterocycles. The number of nitrogens with zero attached hydrogens (tertiary/aromatic N) is 1. The van der Waals surface area contributed by atoms with E-state index in [-0.39, 0.29) is 41.6 Å². The fourth-order valence-electron chi connectivity index (χ4n) is 5.16. The number of hydrogen-bond acceptors (Lipinski definition) is 9. The molecule has 7 N–H and O–H groups in total. The molecule has 0 aliphatic rings. The first-order valence-electron chi connectivity index (χ1n) is 15.8. The van der Waals surface area contributed by atoms with Crippen LogP contribution in [0.1, 0.15) is 27.0 Å². The van der Waals surface area contributed by atoms with Gasteiger partial charge in [-0.1, -0.05) is 36.4 Å². The fourth-order valence-corrected chi connectivity index (χ4v) is 5.69. The second-order valence-corrected chi connectivity index (χ2v) is 12.6. The standard InChI is InChI=1S/C37H33F2N5O7S/c38-24-7-14-28(29(39)20-24)33(48)41-30(17-21-1-8-25(45)9-2-21)34(49)42-31(18-22-3-10-26(46)11-4-22)35(50)43-32(19-23-5-12-27(47)13-6-23)36(51)44-37-40-15-16-52-37/h1-16,20,30-32,45-47H,17-19H2,(H,41,48)(H,42,49)(H,43,50)(H,40,44,51)/t30-,31-,32-/m0/s1. The lowest BCUT2D eigenvalue weighted by Gasteiger charge is -2.26. The summed E-state index contributed by atoms with van der Waals surface area (Å²) in [4.78, 5) is 58.7. The van der Waals surface area contributed by atoms with Crippen LogP contribution < -0.4 is 21.3 Å². The van der Waals surface area contributed by atoms with E-state index in [0.29, 0.717) is 22.8 Å². The van der Waals surface area contributed by atoms with E-state index in [4.69, 9.17) is 0 Å². The van der Waals surface area contributed by atoms with E-state index >= 15 is 0 Å². The number of halogens is 2. The minimum absolute atomic E-state index is 0.00404. The Morgan fingerprint density at radius 2 is 1.06 bits per heavy atom. The van der Waals surface area contributed by atoms with Gasteiger partial charge in [0.2, 0.25) is 17.7 Å². The van der Waals surface area contributed by atoms with Gasteiger partial charge < -0.3 is 36.6 Å². The summed E-state index contributed by atoms with van der Waals surface area (Å²) in [6, 6.07) is 16.1.